The molecule has 0 atom stereocenters. The van der Waals surface area contributed by atoms with Crippen molar-refractivity contribution in [2.45, 2.75) is 63.2 Å². The molecule has 2 rings (SSSR count). The van der Waals surface area contributed by atoms with Gasteiger partial charge in [0, 0.05) is 31.6 Å². The Balaban J connectivity index is 0.000000231. The van der Waals surface area contributed by atoms with Crippen molar-refractivity contribution < 1.29 is 32.3 Å². The first kappa shape index (κ1) is 20.4. The van der Waals surface area contributed by atoms with Crippen LogP contribution in [0.25, 0.3) is 0 Å². The van der Waals surface area contributed by atoms with E-state index in [2.05, 4.69) is 15.9 Å². The fourth-order valence-electron chi connectivity index (χ4n) is 2.76. The molecule has 2 aliphatic rings. The molecule has 0 unspecified atom stereocenters. The van der Waals surface area contributed by atoms with E-state index >= 15 is 0 Å². The Hall–Kier alpha value is -0.660. The number of carbonyl (C=O) groups is 2. The van der Waals surface area contributed by atoms with E-state index in [1.165, 1.54) is 0 Å². The molecule has 0 bridgehead atoms. The number of halogens is 5. The number of alkyl halides is 5. The third kappa shape index (κ3) is 7.18. The van der Waals surface area contributed by atoms with Crippen molar-refractivity contribution in [3.05, 3.63) is 0 Å². The minimum absolute atomic E-state index is 0.0606. The lowest BCUT2D eigenvalue weighted by atomic mass is 9.85. The number of carboxylic acids is 1. The van der Waals surface area contributed by atoms with Gasteiger partial charge < -0.3 is 5.11 Å². The summed E-state index contributed by atoms with van der Waals surface area (Å²) in [5, 5.41) is 8.76. The average Bonchev–Trinajstić information content (AvgIpc) is 2.46. The lowest BCUT2D eigenvalue weighted by Crippen LogP contribution is -2.29. The molecular weight excluding hydrogens is 384 g/mol. The molecule has 134 valence electrons. The topological polar surface area (TPSA) is 54.4 Å². The summed E-state index contributed by atoms with van der Waals surface area (Å²) in [6.45, 7) is 0. The number of hydrogen-bond acceptors (Lipinski definition) is 2. The molecule has 8 heteroatoms. The van der Waals surface area contributed by atoms with E-state index in [1.807, 2.05) is 0 Å². The van der Waals surface area contributed by atoms with E-state index in [-0.39, 0.29) is 50.2 Å². The molecule has 1 N–H and O–H groups in total. The first-order chi connectivity index (χ1) is 10.6. The van der Waals surface area contributed by atoms with E-state index in [0.717, 1.165) is 0 Å². The number of rotatable bonds is 3. The van der Waals surface area contributed by atoms with Crippen LogP contribution in [0.1, 0.15) is 51.4 Å². The Morgan fingerprint density at radius 2 is 1.22 bits per heavy atom. The fourth-order valence-corrected chi connectivity index (χ4v) is 3.22. The molecule has 2 saturated carbocycles. The normalized spacial score (nSPS) is 24.4. The van der Waals surface area contributed by atoms with Gasteiger partial charge >= 0.3 is 5.97 Å². The van der Waals surface area contributed by atoms with Crippen molar-refractivity contribution in [2.24, 2.45) is 11.8 Å². The second kappa shape index (κ2) is 8.44. The van der Waals surface area contributed by atoms with Crippen LogP contribution >= 0.6 is 15.9 Å². The molecule has 0 aromatic rings. The van der Waals surface area contributed by atoms with Gasteiger partial charge in [0.15, 0.2) is 0 Å². The number of carbonyl (C=O) groups excluding carboxylic acids is 1. The Morgan fingerprint density at radius 3 is 1.52 bits per heavy atom. The predicted octanol–water partition coefficient (Wildman–Crippen LogP) is 4.67. The zero-order valence-electron chi connectivity index (χ0n) is 12.7. The van der Waals surface area contributed by atoms with Crippen LogP contribution in [0.2, 0.25) is 0 Å². The standard InChI is InChI=1S/C8H11BrF2O.C7H10F2O2/c9-5-7(12)6-1-3-8(10,11)4-2-6;8-7(9)3-1-5(2-4-7)6(10)11/h6H,1-5H2;5H,1-4H2,(H,10,11). The number of carboxylic acid groups (broad SMARTS) is 1. The first-order valence-corrected chi connectivity index (χ1v) is 8.75. The zero-order chi connectivity index (χ0) is 17.7. The van der Waals surface area contributed by atoms with Crippen molar-refractivity contribution in [1.82, 2.24) is 0 Å². The minimum atomic E-state index is -2.62. The highest BCUT2D eigenvalue weighted by Crippen LogP contribution is 2.37. The Kier molecular flexibility index (Phi) is 7.48. The van der Waals surface area contributed by atoms with Crippen LogP contribution < -0.4 is 0 Å². The van der Waals surface area contributed by atoms with E-state index < -0.39 is 23.7 Å². The molecule has 0 aromatic heterocycles. The molecule has 0 saturated heterocycles. The summed E-state index contributed by atoms with van der Waals surface area (Å²) < 4.78 is 50.1. The van der Waals surface area contributed by atoms with Gasteiger partial charge in [-0.3, -0.25) is 9.59 Å². The van der Waals surface area contributed by atoms with Crippen LogP contribution in [-0.2, 0) is 9.59 Å². The van der Waals surface area contributed by atoms with E-state index in [1.54, 1.807) is 0 Å². The minimum Gasteiger partial charge on any atom is -0.481 e. The lowest BCUT2D eigenvalue weighted by Gasteiger charge is -2.26. The number of hydrogen-bond donors (Lipinski definition) is 1. The van der Waals surface area contributed by atoms with Crippen LogP contribution in [0.4, 0.5) is 17.6 Å². The molecule has 0 aromatic carbocycles. The largest absolute Gasteiger partial charge is 0.481 e. The van der Waals surface area contributed by atoms with Crippen LogP contribution in [0.5, 0.6) is 0 Å². The summed E-state index contributed by atoms with van der Waals surface area (Å²) >= 11 is 3.04. The number of ketones is 1. The second-order valence-corrected chi connectivity index (χ2v) is 6.76. The molecule has 0 radical (unpaired) electrons. The van der Waals surface area contributed by atoms with Gasteiger partial charge in [0.2, 0.25) is 11.8 Å². The quantitative estimate of drug-likeness (QED) is 0.549. The Labute approximate surface area is 140 Å². The van der Waals surface area contributed by atoms with Crippen LogP contribution in [0, 0.1) is 11.8 Å². The van der Waals surface area contributed by atoms with Gasteiger partial charge in [0.1, 0.15) is 5.78 Å². The molecule has 2 fully saturated rings. The maximum atomic E-state index is 12.6. The van der Waals surface area contributed by atoms with Gasteiger partial charge in [-0.05, 0) is 25.7 Å². The SMILES string of the molecule is O=C(CBr)C1CCC(F)(F)CC1.O=C(O)C1CCC(F)(F)CC1. The molecule has 0 aliphatic heterocycles. The van der Waals surface area contributed by atoms with E-state index in [0.29, 0.717) is 18.2 Å². The molecular formula is C15H21BrF4O3. The molecule has 0 heterocycles. The summed E-state index contributed by atoms with van der Waals surface area (Å²) in [5.74, 6) is -6.71. The van der Waals surface area contributed by atoms with Gasteiger partial charge in [-0.1, -0.05) is 15.9 Å². The maximum Gasteiger partial charge on any atom is 0.306 e. The molecule has 0 amide bonds. The summed E-state index contributed by atoms with van der Waals surface area (Å²) in [6, 6.07) is 0. The fraction of sp³-hybridized carbons (Fsp3) is 0.867. The lowest BCUT2D eigenvalue weighted by molar-refractivity contribution is -0.145. The molecule has 3 nitrogen and oxygen atoms in total. The highest BCUT2D eigenvalue weighted by molar-refractivity contribution is 9.09. The van der Waals surface area contributed by atoms with Crippen molar-refractivity contribution in [3.8, 4) is 0 Å². The molecule has 2 aliphatic carbocycles. The van der Waals surface area contributed by atoms with Crippen LogP contribution in [0.3, 0.4) is 0 Å². The predicted molar refractivity (Wildman–Crippen MR) is 80.2 cm³/mol. The van der Waals surface area contributed by atoms with Crippen molar-refractivity contribution in [3.63, 3.8) is 0 Å². The van der Waals surface area contributed by atoms with Gasteiger partial charge in [-0.25, -0.2) is 17.6 Å². The van der Waals surface area contributed by atoms with Crippen molar-refractivity contribution in [2.75, 3.05) is 5.33 Å². The summed E-state index contributed by atoms with van der Waals surface area (Å²) in [7, 11) is 0. The highest BCUT2D eigenvalue weighted by atomic mass is 79.9. The molecule has 0 spiro atoms. The summed E-state index contributed by atoms with van der Waals surface area (Å²) in [4.78, 5) is 21.4. The van der Waals surface area contributed by atoms with Gasteiger partial charge in [0.05, 0.1) is 11.2 Å². The van der Waals surface area contributed by atoms with Crippen LogP contribution in [-0.4, -0.2) is 34.0 Å². The Bertz CT molecular complexity index is 409. The summed E-state index contributed by atoms with van der Waals surface area (Å²) in [5.41, 5.74) is 0. The number of aliphatic carboxylic acids is 1. The maximum absolute atomic E-state index is 12.6. The highest BCUT2D eigenvalue weighted by Gasteiger charge is 2.37. The van der Waals surface area contributed by atoms with Gasteiger partial charge in [0.25, 0.3) is 0 Å². The first-order valence-electron chi connectivity index (χ1n) is 7.63. The average molecular weight is 405 g/mol. The molecule has 23 heavy (non-hydrogen) atoms. The smallest absolute Gasteiger partial charge is 0.306 e. The second-order valence-electron chi connectivity index (χ2n) is 6.20. The van der Waals surface area contributed by atoms with Crippen LogP contribution in [0.15, 0.2) is 0 Å². The van der Waals surface area contributed by atoms with E-state index in [9.17, 15) is 27.2 Å². The van der Waals surface area contributed by atoms with Gasteiger partial charge in [-0.2, -0.15) is 0 Å². The Morgan fingerprint density at radius 1 is 0.870 bits per heavy atom. The van der Waals surface area contributed by atoms with Crippen molar-refractivity contribution >= 4 is 27.7 Å². The summed E-state index contributed by atoms with van der Waals surface area (Å²) in [6.07, 6.45) is 0.111. The van der Waals surface area contributed by atoms with Crippen molar-refractivity contribution in [1.29, 1.82) is 0 Å². The van der Waals surface area contributed by atoms with Gasteiger partial charge in [-0.15, -0.1) is 0 Å². The third-order valence-corrected chi connectivity index (χ3v) is 4.92. The van der Waals surface area contributed by atoms with E-state index in [4.69, 9.17) is 5.11 Å². The zero-order valence-corrected chi connectivity index (χ0v) is 14.3. The number of Topliss-reactive ketones (excluding diaryl/α,β-unsaturated/α-hetero) is 1. The monoisotopic (exact) mass is 404 g/mol. The third-order valence-electron chi connectivity index (χ3n) is 4.37.